The molecule has 25 heavy (non-hydrogen) atoms. The highest BCUT2D eigenvalue weighted by atomic mass is 19.1. The average Bonchev–Trinajstić information content (AvgIpc) is 2.62. The highest BCUT2D eigenvalue weighted by molar-refractivity contribution is 5.87. The van der Waals surface area contributed by atoms with E-state index in [0.29, 0.717) is 11.3 Å². The van der Waals surface area contributed by atoms with Crippen LogP contribution in [0.5, 0.6) is 0 Å². The number of rotatable bonds is 5. The number of aldehydes is 1. The predicted molar refractivity (Wildman–Crippen MR) is 102 cm³/mol. The van der Waals surface area contributed by atoms with E-state index in [1.807, 2.05) is 36.4 Å². The number of hydrogen-bond donors (Lipinski definition) is 1. The summed E-state index contributed by atoms with van der Waals surface area (Å²) in [6, 6.07) is 19.8. The lowest BCUT2D eigenvalue weighted by molar-refractivity contribution is 0.112. The fraction of sp³-hybridized carbons (Fsp3) is 0.0455. The van der Waals surface area contributed by atoms with Gasteiger partial charge in [0.2, 0.25) is 0 Å². The van der Waals surface area contributed by atoms with E-state index in [4.69, 9.17) is 0 Å². The lowest BCUT2D eigenvalue weighted by Gasteiger charge is -2.10. The molecule has 3 heteroatoms. The van der Waals surface area contributed by atoms with Crippen LogP contribution in [-0.2, 0) is 0 Å². The summed E-state index contributed by atoms with van der Waals surface area (Å²) in [7, 11) is 0. The molecular formula is C22H18FNO. The van der Waals surface area contributed by atoms with Crippen molar-refractivity contribution in [2.75, 3.05) is 5.32 Å². The third-order valence-corrected chi connectivity index (χ3v) is 3.84. The summed E-state index contributed by atoms with van der Waals surface area (Å²) in [4.78, 5) is 11.3. The average molecular weight is 331 g/mol. The number of nitrogens with one attached hydrogen (secondary N) is 1. The molecule has 0 aliphatic rings. The molecule has 0 saturated carbocycles. The van der Waals surface area contributed by atoms with Gasteiger partial charge >= 0.3 is 0 Å². The molecule has 0 heterocycles. The quantitative estimate of drug-likeness (QED) is 0.468. The fourth-order valence-corrected chi connectivity index (χ4v) is 2.54. The summed E-state index contributed by atoms with van der Waals surface area (Å²) in [6.45, 7) is 2.06. The summed E-state index contributed by atoms with van der Waals surface area (Å²) in [6.07, 6.45) is 4.84. The molecule has 0 aliphatic carbocycles. The molecule has 3 rings (SSSR count). The second-order valence-electron chi connectivity index (χ2n) is 5.84. The Morgan fingerprint density at radius 2 is 1.60 bits per heavy atom. The van der Waals surface area contributed by atoms with Gasteiger partial charge in [-0.15, -0.1) is 0 Å². The molecule has 0 fully saturated rings. The molecular weight excluding hydrogens is 313 g/mol. The third-order valence-electron chi connectivity index (χ3n) is 3.84. The molecule has 0 amide bonds. The fourth-order valence-electron chi connectivity index (χ4n) is 2.54. The Hall–Kier alpha value is -3.20. The van der Waals surface area contributed by atoms with Crippen LogP contribution in [0, 0.1) is 12.7 Å². The van der Waals surface area contributed by atoms with Crippen molar-refractivity contribution in [1.82, 2.24) is 0 Å². The van der Waals surface area contributed by atoms with E-state index in [-0.39, 0.29) is 5.82 Å². The molecule has 0 aliphatic heterocycles. The van der Waals surface area contributed by atoms with Crippen molar-refractivity contribution in [2.24, 2.45) is 0 Å². The summed E-state index contributed by atoms with van der Waals surface area (Å²) < 4.78 is 13.0. The first-order chi connectivity index (χ1) is 12.1. The molecule has 0 saturated heterocycles. The molecule has 3 aromatic carbocycles. The van der Waals surface area contributed by atoms with Crippen LogP contribution >= 0.6 is 0 Å². The highest BCUT2D eigenvalue weighted by Gasteiger charge is 2.03. The van der Waals surface area contributed by atoms with Gasteiger partial charge in [0.25, 0.3) is 0 Å². The van der Waals surface area contributed by atoms with Crippen LogP contribution in [0.2, 0.25) is 0 Å². The van der Waals surface area contributed by atoms with Gasteiger partial charge in [0.05, 0.1) is 0 Å². The van der Waals surface area contributed by atoms with Crippen LogP contribution < -0.4 is 5.32 Å². The van der Waals surface area contributed by atoms with E-state index < -0.39 is 0 Å². The Kier molecular flexibility index (Phi) is 5.05. The van der Waals surface area contributed by atoms with Crippen molar-refractivity contribution in [1.29, 1.82) is 0 Å². The summed E-state index contributed by atoms with van der Waals surface area (Å²) in [5, 5.41) is 3.17. The zero-order valence-electron chi connectivity index (χ0n) is 13.9. The Balaban J connectivity index is 1.86. The number of aryl methyl sites for hydroxylation is 1. The topological polar surface area (TPSA) is 29.1 Å². The maximum atomic E-state index is 13.0. The zero-order chi connectivity index (χ0) is 17.6. The Morgan fingerprint density at radius 1 is 0.880 bits per heavy atom. The second kappa shape index (κ2) is 7.58. The maximum Gasteiger partial charge on any atom is 0.152 e. The van der Waals surface area contributed by atoms with Gasteiger partial charge in [-0.05, 0) is 54.4 Å². The molecule has 0 atom stereocenters. The molecule has 0 radical (unpaired) electrons. The first kappa shape index (κ1) is 16.7. The van der Waals surface area contributed by atoms with E-state index in [1.54, 1.807) is 18.2 Å². The van der Waals surface area contributed by atoms with E-state index in [0.717, 1.165) is 23.1 Å². The van der Waals surface area contributed by atoms with Gasteiger partial charge in [-0.1, -0.05) is 48.0 Å². The van der Waals surface area contributed by atoms with Gasteiger partial charge in [-0.2, -0.15) is 0 Å². The molecule has 0 bridgehead atoms. The summed E-state index contributed by atoms with van der Waals surface area (Å²) in [5.41, 5.74) is 5.26. The highest BCUT2D eigenvalue weighted by Crippen LogP contribution is 2.23. The number of hydrogen-bond acceptors (Lipinski definition) is 2. The van der Waals surface area contributed by atoms with Crippen molar-refractivity contribution in [3.8, 4) is 0 Å². The van der Waals surface area contributed by atoms with Crippen molar-refractivity contribution < 1.29 is 9.18 Å². The van der Waals surface area contributed by atoms with Crippen molar-refractivity contribution >= 4 is 29.8 Å². The standard InChI is InChI=1S/C22H18FNO/c1-16-3-2-4-17(13-16)5-6-18-7-8-19(15-25)22(14-18)24-21-11-9-20(23)10-12-21/h2-15,24H,1H3/b6-5+. The number of carbonyl (C=O) groups is 1. The monoisotopic (exact) mass is 331 g/mol. The van der Waals surface area contributed by atoms with E-state index in [1.165, 1.54) is 17.7 Å². The lowest BCUT2D eigenvalue weighted by atomic mass is 10.1. The van der Waals surface area contributed by atoms with Gasteiger partial charge < -0.3 is 5.32 Å². The first-order valence-corrected chi connectivity index (χ1v) is 8.00. The largest absolute Gasteiger partial charge is 0.355 e. The number of carbonyl (C=O) groups excluding carboxylic acids is 1. The van der Waals surface area contributed by atoms with E-state index in [2.05, 4.69) is 24.4 Å². The summed E-state index contributed by atoms with van der Waals surface area (Å²) >= 11 is 0. The minimum absolute atomic E-state index is 0.295. The van der Waals surface area contributed by atoms with Gasteiger partial charge in [-0.25, -0.2) is 4.39 Å². The van der Waals surface area contributed by atoms with Gasteiger partial charge in [0.1, 0.15) is 5.82 Å². The Morgan fingerprint density at radius 3 is 2.28 bits per heavy atom. The summed E-state index contributed by atoms with van der Waals surface area (Å²) in [5.74, 6) is -0.295. The van der Waals surface area contributed by atoms with Crippen LogP contribution in [-0.4, -0.2) is 6.29 Å². The van der Waals surface area contributed by atoms with Crippen molar-refractivity contribution in [3.05, 3.63) is 94.8 Å². The van der Waals surface area contributed by atoms with Crippen LogP contribution in [0.15, 0.2) is 66.7 Å². The van der Waals surface area contributed by atoms with Gasteiger partial charge in [0.15, 0.2) is 6.29 Å². The van der Waals surface area contributed by atoms with Crippen LogP contribution in [0.25, 0.3) is 12.2 Å². The minimum Gasteiger partial charge on any atom is -0.355 e. The molecule has 124 valence electrons. The van der Waals surface area contributed by atoms with Crippen LogP contribution in [0.1, 0.15) is 27.0 Å². The smallest absolute Gasteiger partial charge is 0.152 e. The van der Waals surface area contributed by atoms with Gasteiger partial charge in [0, 0.05) is 16.9 Å². The molecule has 2 nitrogen and oxygen atoms in total. The minimum atomic E-state index is -0.295. The van der Waals surface area contributed by atoms with Gasteiger partial charge in [-0.3, -0.25) is 4.79 Å². The van der Waals surface area contributed by atoms with Crippen molar-refractivity contribution in [2.45, 2.75) is 6.92 Å². The van der Waals surface area contributed by atoms with Crippen molar-refractivity contribution in [3.63, 3.8) is 0 Å². The van der Waals surface area contributed by atoms with E-state index >= 15 is 0 Å². The molecule has 0 spiro atoms. The lowest BCUT2D eigenvalue weighted by Crippen LogP contribution is -1.96. The first-order valence-electron chi connectivity index (χ1n) is 8.00. The number of halogens is 1. The molecule has 1 N–H and O–H groups in total. The molecule has 3 aromatic rings. The Labute approximate surface area is 146 Å². The van der Waals surface area contributed by atoms with E-state index in [9.17, 15) is 9.18 Å². The molecule has 0 unspecified atom stereocenters. The number of anilines is 2. The predicted octanol–water partition coefficient (Wildman–Crippen LogP) is 5.86. The Bertz CT molecular complexity index is 914. The normalized spacial score (nSPS) is 10.8. The zero-order valence-corrected chi connectivity index (χ0v) is 13.9. The number of benzene rings is 3. The SMILES string of the molecule is Cc1cccc(/C=C/c2ccc(C=O)c(Nc3ccc(F)cc3)c2)c1. The second-order valence-corrected chi connectivity index (χ2v) is 5.84. The maximum absolute atomic E-state index is 13.0. The third kappa shape index (κ3) is 4.42. The van der Waals surface area contributed by atoms with Crippen LogP contribution in [0.3, 0.4) is 0 Å². The molecule has 0 aromatic heterocycles. The van der Waals surface area contributed by atoms with Crippen LogP contribution in [0.4, 0.5) is 15.8 Å².